The molecular weight excluding hydrogens is 444 g/mol. The van der Waals surface area contributed by atoms with Crippen molar-refractivity contribution in [3.05, 3.63) is 47.0 Å². The average molecular weight is 469 g/mol. The van der Waals surface area contributed by atoms with Crippen molar-refractivity contribution in [2.24, 2.45) is 7.05 Å². The van der Waals surface area contributed by atoms with Crippen molar-refractivity contribution in [2.45, 2.75) is 19.3 Å². The van der Waals surface area contributed by atoms with Gasteiger partial charge in [-0.25, -0.2) is 9.97 Å². The molecule has 166 valence electrons. The van der Waals surface area contributed by atoms with Crippen molar-refractivity contribution in [2.75, 3.05) is 31.5 Å². The molecule has 0 spiro atoms. The van der Waals surface area contributed by atoms with E-state index in [1.54, 1.807) is 0 Å². The highest BCUT2D eigenvalue weighted by atomic mass is 35.5. The Morgan fingerprint density at radius 2 is 1.94 bits per heavy atom. The molecule has 1 fully saturated rings. The standard InChI is InChI=1S/C23H25ClN6OS/c1-29-19-8-5-15(21(31)25-9-12-30-10-3-2-4-11-30)13-18(19)26-22(29)28-23-27-17-7-6-16(24)14-20(17)32-23/h5-8,13-14H,2-4,9-12H2,1H3,(H,25,31)(H,26,27,28). The number of anilines is 2. The largest absolute Gasteiger partial charge is 0.351 e. The molecule has 1 saturated heterocycles. The molecule has 1 aliphatic rings. The number of amides is 1. The van der Waals surface area contributed by atoms with Crippen LogP contribution in [0.15, 0.2) is 36.4 Å². The number of aromatic nitrogens is 3. The molecule has 4 aromatic rings. The van der Waals surface area contributed by atoms with Crippen LogP contribution in [0.2, 0.25) is 5.02 Å². The third-order valence-corrected chi connectivity index (χ3v) is 7.04. The second kappa shape index (κ2) is 9.05. The summed E-state index contributed by atoms with van der Waals surface area (Å²) in [6.07, 6.45) is 3.83. The number of hydrogen-bond donors (Lipinski definition) is 2. The zero-order valence-electron chi connectivity index (χ0n) is 17.9. The fourth-order valence-electron chi connectivity index (χ4n) is 4.11. The van der Waals surface area contributed by atoms with Gasteiger partial charge in [-0.2, -0.15) is 0 Å². The lowest BCUT2D eigenvalue weighted by Crippen LogP contribution is -2.37. The van der Waals surface area contributed by atoms with Gasteiger partial charge in [-0.05, 0) is 62.3 Å². The van der Waals surface area contributed by atoms with Gasteiger partial charge in [0.25, 0.3) is 5.91 Å². The van der Waals surface area contributed by atoms with Crippen molar-refractivity contribution in [3.63, 3.8) is 0 Å². The number of thiazole rings is 1. The first-order valence-corrected chi connectivity index (χ1v) is 12.1. The summed E-state index contributed by atoms with van der Waals surface area (Å²) in [5, 5.41) is 7.78. The molecule has 0 radical (unpaired) electrons. The summed E-state index contributed by atoms with van der Waals surface area (Å²) in [5.41, 5.74) is 3.23. The quantitative estimate of drug-likeness (QED) is 0.425. The number of likely N-dealkylation sites (tertiary alicyclic amines) is 1. The minimum atomic E-state index is -0.0628. The lowest BCUT2D eigenvalue weighted by molar-refractivity contribution is 0.0946. The summed E-state index contributed by atoms with van der Waals surface area (Å²) in [6.45, 7) is 3.83. The van der Waals surface area contributed by atoms with E-state index in [0.29, 0.717) is 23.1 Å². The van der Waals surface area contributed by atoms with Gasteiger partial charge in [0.2, 0.25) is 5.95 Å². The van der Waals surface area contributed by atoms with Crippen molar-refractivity contribution < 1.29 is 4.79 Å². The summed E-state index contributed by atoms with van der Waals surface area (Å²) in [7, 11) is 1.94. The van der Waals surface area contributed by atoms with Gasteiger partial charge in [0.15, 0.2) is 5.13 Å². The van der Waals surface area contributed by atoms with E-state index in [-0.39, 0.29) is 5.91 Å². The molecule has 2 aromatic heterocycles. The number of fused-ring (bicyclic) bond motifs is 2. The number of nitrogens with one attached hydrogen (secondary N) is 2. The molecule has 0 saturated carbocycles. The number of benzene rings is 2. The van der Waals surface area contributed by atoms with Gasteiger partial charge in [0.05, 0.1) is 21.3 Å². The van der Waals surface area contributed by atoms with Crippen LogP contribution in [0.25, 0.3) is 21.3 Å². The minimum Gasteiger partial charge on any atom is -0.351 e. The topological polar surface area (TPSA) is 75.1 Å². The number of halogens is 1. The molecule has 7 nitrogen and oxygen atoms in total. The van der Waals surface area contributed by atoms with Gasteiger partial charge in [-0.3, -0.25) is 4.79 Å². The maximum atomic E-state index is 12.6. The third-order valence-electron chi connectivity index (χ3n) is 5.87. The highest BCUT2D eigenvalue weighted by Gasteiger charge is 2.14. The van der Waals surface area contributed by atoms with Crippen LogP contribution in [-0.4, -0.2) is 51.5 Å². The fourth-order valence-corrected chi connectivity index (χ4v) is 5.25. The highest BCUT2D eigenvalue weighted by molar-refractivity contribution is 7.22. The van der Waals surface area contributed by atoms with E-state index < -0.39 is 0 Å². The van der Waals surface area contributed by atoms with E-state index in [2.05, 4.69) is 20.5 Å². The second-order valence-corrected chi connectivity index (χ2v) is 9.58. The van der Waals surface area contributed by atoms with Crippen molar-refractivity contribution >= 4 is 61.2 Å². The maximum Gasteiger partial charge on any atom is 0.251 e. The smallest absolute Gasteiger partial charge is 0.251 e. The number of imidazole rings is 1. The van der Waals surface area contributed by atoms with Gasteiger partial charge in [0, 0.05) is 30.7 Å². The summed E-state index contributed by atoms with van der Waals surface area (Å²) in [4.78, 5) is 24.4. The molecule has 9 heteroatoms. The number of rotatable bonds is 6. The van der Waals surface area contributed by atoms with E-state index in [0.717, 1.165) is 46.0 Å². The van der Waals surface area contributed by atoms with Gasteiger partial charge in [-0.15, -0.1) is 0 Å². The van der Waals surface area contributed by atoms with Gasteiger partial charge >= 0.3 is 0 Å². The van der Waals surface area contributed by atoms with Crippen molar-refractivity contribution in [3.8, 4) is 0 Å². The van der Waals surface area contributed by atoms with E-state index >= 15 is 0 Å². The van der Waals surface area contributed by atoms with E-state index in [9.17, 15) is 4.79 Å². The second-order valence-electron chi connectivity index (χ2n) is 8.11. The number of nitrogens with zero attached hydrogens (tertiary/aromatic N) is 4. The van der Waals surface area contributed by atoms with E-state index in [4.69, 9.17) is 16.6 Å². The predicted octanol–water partition coefficient (Wildman–Crippen LogP) is 4.80. The Kier molecular flexibility index (Phi) is 5.99. The average Bonchev–Trinajstić information content (AvgIpc) is 3.34. The first-order valence-electron chi connectivity index (χ1n) is 10.9. The molecule has 5 rings (SSSR count). The zero-order chi connectivity index (χ0) is 22.1. The van der Waals surface area contributed by atoms with Crippen molar-refractivity contribution in [1.29, 1.82) is 0 Å². The molecule has 2 aromatic carbocycles. The lowest BCUT2D eigenvalue weighted by atomic mass is 10.1. The van der Waals surface area contributed by atoms with Crippen molar-refractivity contribution in [1.82, 2.24) is 24.8 Å². The van der Waals surface area contributed by atoms with E-state index in [1.165, 1.54) is 30.6 Å². The Hall–Kier alpha value is -2.68. The Morgan fingerprint density at radius 1 is 1.09 bits per heavy atom. The molecular formula is C23H25ClN6OS. The summed E-state index contributed by atoms with van der Waals surface area (Å²) in [6, 6.07) is 11.3. The highest BCUT2D eigenvalue weighted by Crippen LogP contribution is 2.31. The first-order chi connectivity index (χ1) is 15.6. The molecule has 0 aliphatic carbocycles. The number of aryl methyl sites for hydroxylation is 1. The Labute approximate surface area is 195 Å². The molecule has 32 heavy (non-hydrogen) atoms. The van der Waals surface area contributed by atoms with Crippen LogP contribution >= 0.6 is 22.9 Å². The van der Waals surface area contributed by atoms with Crippen LogP contribution in [-0.2, 0) is 7.05 Å². The SMILES string of the molecule is Cn1c(Nc2nc3ccc(Cl)cc3s2)nc2cc(C(=O)NCCN3CCCCC3)ccc21. The minimum absolute atomic E-state index is 0.0628. The molecule has 0 atom stereocenters. The van der Waals surface area contributed by atoms with E-state index in [1.807, 2.05) is 48.0 Å². The van der Waals surface area contributed by atoms with Crippen LogP contribution in [0.3, 0.4) is 0 Å². The fraction of sp³-hybridized carbons (Fsp3) is 0.348. The number of hydrogen-bond acceptors (Lipinski definition) is 6. The predicted molar refractivity (Wildman–Crippen MR) is 131 cm³/mol. The van der Waals surface area contributed by atoms with Crippen LogP contribution < -0.4 is 10.6 Å². The Bertz CT molecular complexity index is 1280. The number of carbonyl (C=O) groups excluding carboxylic acids is 1. The number of piperidine rings is 1. The molecule has 3 heterocycles. The van der Waals surface area contributed by atoms with Gasteiger partial charge in [0.1, 0.15) is 0 Å². The molecule has 1 aliphatic heterocycles. The molecule has 2 N–H and O–H groups in total. The summed E-state index contributed by atoms with van der Waals surface area (Å²) < 4.78 is 2.98. The van der Waals surface area contributed by atoms with Crippen LogP contribution in [0, 0.1) is 0 Å². The number of carbonyl (C=O) groups is 1. The Balaban J connectivity index is 1.29. The maximum absolute atomic E-state index is 12.6. The Morgan fingerprint density at radius 3 is 2.78 bits per heavy atom. The first kappa shape index (κ1) is 21.2. The molecule has 0 unspecified atom stereocenters. The van der Waals surface area contributed by atoms with Crippen LogP contribution in [0.4, 0.5) is 11.1 Å². The summed E-state index contributed by atoms with van der Waals surface area (Å²) >= 11 is 7.61. The van der Waals surface area contributed by atoms with Crippen LogP contribution in [0.1, 0.15) is 29.6 Å². The molecule has 0 bridgehead atoms. The lowest BCUT2D eigenvalue weighted by Gasteiger charge is -2.26. The normalized spacial score (nSPS) is 14.8. The van der Waals surface area contributed by atoms with Gasteiger partial charge in [-0.1, -0.05) is 29.4 Å². The third kappa shape index (κ3) is 4.44. The summed E-state index contributed by atoms with van der Waals surface area (Å²) in [5.74, 6) is 0.611. The zero-order valence-corrected chi connectivity index (χ0v) is 19.5. The van der Waals surface area contributed by atoms with Gasteiger partial charge < -0.3 is 20.1 Å². The monoisotopic (exact) mass is 468 g/mol. The van der Waals surface area contributed by atoms with Crippen LogP contribution in [0.5, 0.6) is 0 Å². The molecule has 1 amide bonds.